The molecule has 2 N–H and O–H groups in total. The third kappa shape index (κ3) is 0.982. The van der Waals surface area contributed by atoms with Gasteiger partial charge in [0.05, 0.1) is 5.92 Å². The molecule has 2 atom stereocenters. The van der Waals surface area contributed by atoms with E-state index in [1.54, 1.807) is 0 Å². The van der Waals surface area contributed by atoms with E-state index in [4.69, 9.17) is 0 Å². The van der Waals surface area contributed by atoms with Gasteiger partial charge in [0.1, 0.15) is 0 Å². The fraction of sp³-hybridized carbons (Fsp3) is 0.714. The summed E-state index contributed by atoms with van der Waals surface area (Å²) in [4.78, 5) is 21.9. The van der Waals surface area contributed by atoms with Crippen LogP contribution in [-0.4, -0.2) is 18.0 Å². The molecule has 2 aliphatic rings. The fourth-order valence-electron chi connectivity index (χ4n) is 1.86. The molecule has 0 bridgehead atoms. The summed E-state index contributed by atoms with van der Waals surface area (Å²) in [5.41, 5.74) is 0. The first-order valence-electron chi connectivity index (χ1n) is 3.89. The molecule has 60 valence electrons. The number of hydrogen-bond donors (Lipinski definition) is 2. The van der Waals surface area contributed by atoms with Crippen molar-refractivity contribution in [2.75, 3.05) is 0 Å². The van der Waals surface area contributed by atoms with E-state index in [0.717, 1.165) is 19.3 Å². The van der Waals surface area contributed by atoms with Gasteiger partial charge in [-0.15, -0.1) is 0 Å². The Morgan fingerprint density at radius 2 is 2.09 bits per heavy atom. The van der Waals surface area contributed by atoms with Gasteiger partial charge in [0.25, 0.3) is 0 Å². The van der Waals surface area contributed by atoms with Crippen LogP contribution in [0.1, 0.15) is 19.3 Å². The van der Waals surface area contributed by atoms with Gasteiger partial charge in [-0.05, 0) is 12.8 Å². The molecule has 1 heterocycles. The van der Waals surface area contributed by atoms with Gasteiger partial charge in [-0.3, -0.25) is 10.1 Å². The molecule has 4 heteroatoms. The number of fused-ring (bicyclic) bond motifs is 1. The van der Waals surface area contributed by atoms with Gasteiger partial charge < -0.3 is 5.32 Å². The van der Waals surface area contributed by atoms with Crippen molar-refractivity contribution in [3.63, 3.8) is 0 Å². The third-order valence-electron chi connectivity index (χ3n) is 2.41. The minimum Gasteiger partial charge on any atom is -0.334 e. The zero-order valence-electron chi connectivity index (χ0n) is 6.09. The van der Waals surface area contributed by atoms with Crippen LogP contribution in [-0.2, 0) is 4.79 Å². The van der Waals surface area contributed by atoms with Crippen molar-refractivity contribution in [1.82, 2.24) is 10.6 Å². The van der Waals surface area contributed by atoms with Crippen LogP contribution in [0.2, 0.25) is 0 Å². The highest BCUT2D eigenvalue weighted by molar-refractivity contribution is 5.98. The number of imide groups is 1. The largest absolute Gasteiger partial charge is 0.334 e. The zero-order valence-corrected chi connectivity index (χ0v) is 6.09. The second-order valence-electron chi connectivity index (χ2n) is 3.11. The van der Waals surface area contributed by atoms with Crippen molar-refractivity contribution < 1.29 is 9.59 Å². The number of amides is 3. The molecule has 1 saturated carbocycles. The Morgan fingerprint density at radius 1 is 1.27 bits per heavy atom. The number of rotatable bonds is 0. The molecule has 0 aromatic heterocycles. The molecule has 0 aromatic carbocycles. The monoisotopic (exact) mass is 154 g/mol. The standard InChI is InChI=1S/C7H10N2O2/c10-6-4-2-1-3-5(4)8-7(11)9-6/h4-5H,1-3H2,(H2,8,9,10,11)/t4-,5+/m1/s1. The van der Waals surface area contributed by atoms with Crippen LogP contribution in [0, 0.1) is 5.92 Å². The molecule has 0 aromatic rings. The maximum atomic E-state index is 11.1. The normalized spacial score (nSPS) is 36.0. The first-order chi connectivity index (χ1) is 5.27. The number of carbonyl (C=O) groups is 2. The average molecular weight is 154 g/mol. The number of urea groups is 1. The van der Waals surface area contributed by atoms with Gasteiger partial charge in [-0.25, -0.2) is 4.79 Å². The predicted octanol–water partition coefficient (Wildman–Crippen LogP) is -0.00550. The first kappa shape index (κ1) is 6.64. The molecule has 1 saturated heterocycles. The average Bonchev–Trinajstić information content (AvgIpc) is 2.34. The summed E-state index contributed by atoms with van der Waals surface area (Å²) >= 11 is 0. The first-order valence-corrected chi connectivity index (χ1v) is 3.89. The topological polar surface area (TPSA) is 58.2 Å². The Balaban J connectivity index is 2.16. The van der Waals surface area contributed by atoms with E-state index < -0.39 is 0 Å². The second kappa shape index (κ2) is 2.22. The maximum absolute atomic E-state index is 11.1. The fourth-order valence-corrected chi connectivity index (χ4v) is 1.86. The summed E-state index contributed by atoms with van der Waals surface area (Å²) in [7, 11) is 0. The van der Waals surface area contributed by atoms with E-state index in [0.29, 0.717) is 0 Å². The lowest BCUT2D eigenvalue weighted by molar-refractivity contribution is -0.125. The number of hydrogen-bond acceptors (Lipinski definition) is 2. The molecule has 2 rings (SSSR count). The smallest absolute Gasteiger partial charge is 0.321 e. The number of nitrogens with one attached hydrogen (secondary N) is 2. The van der Waals surface area contributed by atoms with Gasteiger partial charge in [0.2, 0.25) is 5.91 Å². The predicted molar refractivity (Wildman–Crippen MR) is 37.8 cm³/mol. The summed E-state index contributed by atoms with van der Waals surface area (Å²) in [5.74, 6) is -0.0658. The zero-order chi connectivity index (χ0) is 7.84. The molecule has 0 radical (unpaired) electrons. The minimum atomic E-state index is -0.335. The Kier molecular flexibility index (Phi) is 1.34. The SMILES string of the molecule is O=C1NC(=O)[C@@H]2CCC[C@@H]2N1. The molecule has 4 nitrogen and oxygen atoms in total. The van der Waals surface area contributed by atoms with Crippen molar-refractivity contribution in [2.45, 2.75) is 25.3 Å². The molecular weight excluding hydrogens is 144 g/mol. The van der Waals surface area contributed by atoms with Crippen molar-refractivity contribution in [3.8, 4) is 0 Å². The van der Waals surface area contributed by atoms with Gasteiger partial charge in [0.15, 0.2) is 0 Å². The Hall–Kier alpha value is -1.06. The highest BCUT2D eigenvalue weighted by Crippen LogP contribution is 2.27. The van der Waals surface area contributed by atoms with E-state index in [9.17, 15) is 9.59 Å². The number of carbonyl (C=O) groups excluding carboxylic acids is 2. The van der Waals surface area contributed by atoms with Crippen molar-refractivity contribution in [1.29, 1.82) is 0 Å². The molecule has 0 spiro atoms. The quantitative estimate of drug-likeness (QED) is 0.515. The Labute approximate surface area is 64.3 Å². The Bertz CT molecular complexity index is 214. The van der Waals surface area contributed by atoms with Gasteiger partial charge >= 0.3 is 6.03 Å². The van der Waals surface area contributed by atoms with Gasteiger partial charge in [-0.1, -0.05) is 6.42 Å². The van der Waals surface area contributed by atoms with E-state index in [1.807, 2.05) is 0 Å². The minimum absolute atomic E-state index is 0.0349. The van der Waals surface area contributed by atoms with Gasteiger partial charge in [0, 0.05) is 6.04 Å². The third-order valence-corrected chi connectivity index (χ3v) is 2.41. The highest BCUT2D eigenvalue weighted by atomic mass is 16.2. The molecule has 11 heavy (non-hydrogen) atoms. The molecule has 3 amide bonds. The van der Waals surface area contributed by atoms with Crippen LogP contribution in [0.15, 0.2) is 0 Å². The van der Waals surface area contributed by atoms with Crippen LogP contribution in [0.4, 0.5) is 4.79 Å². The maximum Gasteiger partial charge on any atom is 0.321 e. The molecule has 1 aliphatic carbocycles. The molecule has 2 fully saturated rings. The molecular formula is C7H10N2O2. The molecule has 1 aliphatic heterocycles. The van der Waals surface area contributed by atoms with E-state index in [-0.39, 0.29) is 23.9 Å². The summed E-state index contributed by atoms with van der Waals surface area (Å²) in [6.07, 6.45) is 2.91. The molecule has 0 unspecified atom stereocenters. The lowest BCUT2D eigenvalue weighted by Gasteiger charge is -2.25. The van der Waals surface area contributed by atoms with Crippen LogP contribution < -0.4 is 10.6 Å². The lowest BCUT2D eigenvalue weighted by atomic mass is 10.0. The van der Waals surface area contributed by atoms with Crippen molar-refractivity contribution in [3.05, 3.63) is 0 Å². The van der Waals surface area contributed by atoms with E-state index >= 15 is 0 Å². The second-order valence-corrected chi connectivity index (χ2v) is 3.11. The summed E-state index contributed by atoms with van der Waals surface area (Å²) < 4.78 is 0. The van der Waals surface area contributed by atoms with Crippen LogP contribution >= 0.6 is 0 Å². The van der Waals surface area contributed by atoms with Crippen molar-refractivity contribution >= 4 is 11.9 Å². The van der Waals surface area contributed by atoms with Crippen LogP contribution in [0.25, 0.3) is 0 Å². The summed E-state index contributed by atoms with van der Waals surface area (Å²) in [6.45, 7) is 0. The van der Waals surface area contributed by atoms with E-state index in [1.165, 1.54) is 0 Å². The van der Waals surface area contributed by atoms with Crippen LogP contribution in [0.5, 0.6) is 0 Å². The van der Waals surface area contributed by atoms with Gasteiger partial charge in [-0.2, -0.15) is 0 Å². The highest BCUT2D eigenvalue weighted by Gasteiger charge is 2.38. The summed E-state index contributed by atoms with van der Waals surface area (Å²) in [6, 6.07) is -0.227. The Morgan fingerprint density at radius 3 is 2.91 bits per heavy atom. The van der Waals surface area contributed by atoms with E-state index in [2.05, 4.69) is 10.6 Å². The van der Waals surface area contributed by atoms with Crippen LogP contribution in [0.3, 0.4) is 0 Å². The summed E-state index contributed by atoms with van der Waals surface area (Å²) in [5, 5.41) is 5.00. The lowest BCUT2D eigenvalue weighted by Crippen LogP contribution is -2.56. The van der Waals surface area contributed by atoms with Crippen molar-refractivity contribution in [2.24, 2.45) is 5.92 Å².